The number of carbonyl (C=O) groups is 2. The fourth-order valence-electron chi connectivity index (χ4n) is 4.00. The summed E-state index contributed by atoms with van der Waals surface area (Å²) in [6.07, 6.45) is 1.60. The lowest BCUT2D eigenvalue weighted by Gasteiger charge is -2.42. The number of nitrogens with zero attached hydrogens (tertiary/aromatic N) is 2. The summed E-state index contributed by atoms with van der Waals surface area (Å²) in [5.74, 6) is -0.930. The molecule has 0 unspecified atom stereocenters. The molecule has 160 valence electrons. The van der Waals surface area contributed by atoms with Gasteiger partial charge in [-0.25, -0.2) is 17.5 Å². The Morgan fingerprint density at radius 3 is 2.69 bits per heavy atom. The number of halogens is 2. The van der Waals surface area contributed by atoms with Gasteiger partial charge in [0.2, 0.25) is 21.8 Å². The van der Waals surface area contributed by atoms with Crippen LogP contribution in [0.4, 0.5) is 4.39 Å². The Morgan fingerprint density at radius 1 is 1.34 bits per heavy atom. The molecule has 0 aromatic heterocycles. The van der Waals surface area contributed by atoms with Crippen molar-refractivity contribution in [1.82, 2.24) is 19.8 Å². The molecule has 1 aromatic rings. The summed E-state index contributed by atoms with van der Waals surface area (Å²) in [6.45, 7) is 2.67. The van der Waals surface area contributed by atoms with E-state index in [9.17, 15) is 22.4 Å². The molecule has 3 rings (SSSR count). The third-order valence-electron chi connectivity index (χ3n) is 5.16. The minimum atomic E-state index is -3.38. The molecule has 2 amide bonds. The van der Waals surface area contributed by atoms with Crippen molar-refractivity contribution in [3.8, 4) is 0 Å². The van der Waals surface area contributed by atoms with Crippen molar-refractivity contribution in [3.05, 3.63) is 34.6 Å². The first-order valence-corrected chi connectivity index (χ1v) is 11.5. The van der Waals surface area contributed by atoms with Gasteiger partial charge < -0.3 is 10.2 Å². The Morgan fingerprint density at radius 2 is 2.07 bits per heavy atom. The van der Waals surface area contributed by atoms with E-state index < -0.39 is 21.9 Å². The maximum absolute atomic E-state index is 13.5. The van der Waals surface area contributed by atoms with Gasteiger partial charge in [-0.3, -0.25) is 14.5 Å². The Balaban J connectivity index is 1.80. The third-order valence-corrected chi connectivity index (χ3v) is 6.21. The largest absolute Gasteiger partial charge is 0.354 e. The van der Waals surface area contributed by atoms with Gasteiger partial charge in [0.25, 0.3) is 0 Å². The van der Waals surface area contributed by atoms with E-state index in [1.165, 1.54) is 19.1 Å². The van der Waals surface area contributed by atoms with Crippen LogP contribution < -0.4 is 10.0 Å². The standard InChI is InChI=1S/C18H24ClFN4O4S/c1-11(25)21-7-17-18(26)24-9-13(22-29(2,27)28)6-14(24)10-23(17)8-12-3-4-16(20)15(19)5-12/h3-5,13-14,17,22H,6-10H2,1-2H3,(H,21,25)/t13-,14-,17-/m0/s1. The predicted octanol–water partition coefficient (Wildman–Crippen LogP) is 0.318. The summed E-state index contributed by atoms with van der Waals surface area (Å²) in [5.41, 5.74) is 0.745. The molecule has 2 saturated heterocycles. The van der Waals surface area contributed by atoms with Crippen LogP contribution in [0.2, 0.25) is 5.02 Å². The van der Waals surface area contributed by atoms with Crippen LogP contribution in [-0.4, -0.2) is 74.0 Å². The lowest BCUT2D eigenvalue weighted by Crippen LogP contribution is -2.62. The summed E-state index contributed by atoms with van der Waals surface area (Å²) < 4.78 is 39.2. The lowest BCUT2D eigenvalue weighted by atomic mass is 10.0. The molecule has 29 heavy (non-hydrogen) atoms. The molecule has 2 aliphatic rings. The quantitative estimate of drug-likeness (QED) is 0.655. The van der Waals surface area contributed by atoms with E-state index in [0.29, 0.717) is 26.1 Å². The van der Waals surface area contributed by atoms with Gasteiger partial charge in [0, 0.05) is 45.2 Å². The zero-order valence-electron chi connectivity index (χ0n) is 16.2. The molecule has 0 spiro atoms. The van der Waals surface area contributed by atoms with Gasteiger partial charge in [0.1, 0.15) is 11.9 Å². The molecular weight excluding hydrogens is 423 g/mol. The van der Waals surface area contributed by atoms with Crippen LogP contribution in [0.25, 0.3) is 0 Å². The number of nitrogens with one attached hydrogen (secondary N) is 2. The van der Waals surface area contributed by atoms with E-state index in [2.05, 4.69) is 10.0 Å². The Bertz CT molecular complexity index is 913. The number of amides is 2. The van der Waals surface area contributed by atoms with Crippen molar-refractivity contribution in [1.29, 1.82) is 0 Å². The van der Waals surface area contributed by atoms with Gasteiger partial charge in [-0.05, 0) is 24.1 Å². The molecule has 0 aliphatic carbocycles. The summed E-state index contributed by atoms with van der Waals surface area (Å²) in [7, 11) is -3.38. The third kappa shape index (κ3) is 5.44. The number of benzene rings is 1. The van der Waals surface area contributed by atoms with E-state index in [1.54, 1.807) is 11.0 Å². The smallest absolute Gasteiger partial charge is 0.242 e. The highest BCUT2D eigenvalue weighted by Crippen LogP contribution is 2.28. The van der Waals surface area contributed by atoms with Crippen LogP contribution in [0.1, 0.15) is 18.9 Å². The van der Waals surface area contributed by atoms with E-state index in [-0.39, 0.29) is 35.5 Å². The summed E-state index contributed by atoms with van der Waals surface area (Å²) in [6, 6.07) is 3.31. The van der Waals surface area contributed by atoms with Gasteiger partial charge in [0.05, 0.1) is 11.3 Å². The zero-order chi connectivity index (χ0) is 21.3. The zero-order valence-corrected chi connectivity index (χ0v) is 17.8. The number of piperazine rings is 1. The molecule has 0 saturated carbocycles. The first kappa shape index (κ1) is 21.9. The van der Waals surface area contributed by atoms with Crippen molar-refractivity contribution in [2.24, 2.45) is 0 Å². The molecule has 2 N–H and O–H groups in total. The number of rotatable bonds is 6. The maximum Gasteiger partial charge on any atom is 0.242 e. The van der Waals surface area contributed by atoms with Gasteiger partial charge >= 0.3 is 0 Å². The second-order valence-corrected chi connectivity index (χ2v) is 9.79. The molecule has 1 aromatic carbocycles. The van der Waals surface area contributed by atoms with Crippen LogP contribution in [0.5, 0.6) is 0 Å². The normalized spacial score (nSPS) is 25.2. The molecule has 2 fully saturated rings. The SMILES string of the molecule is CC(=O)NC[C@H]1C(=O)N2C[C@@H](NS(C)(=O)=O)C[C@H]2CN1Cc1ccc(F)c(Cl)c1. The fourth-order valence-corrected chi connectivity index (χ4v) is 4.98. The van der Waals surface area contributed by atoms with Crippen molar-refractivity contribution < 1.29 is 22.4 Å². The fraction of sp³-hybridized carbons (Fsp3) is 0.556. The van der Waals surface area contributed by atoms with Crippen LogP contribution in [0.3, 0.4) is 0 Å². The number of fused-ring (bicyclic) bond motifs is 1. The van der Waals surface area contributed by atoms with Crippen LogP contribution in [-0.2, 0) is 26.2 Å². The van der Waals surface area contributed by atoms with Crippen molar-refractivity contribution in [2.45, 2.75) is 38.0 Å². The van der Waals surface area contributed by atoms with Crippen molar-refractivity contribution in [2.75, 3.05) is 25.9 Å². The lowest BCUT2D eigenvalue weighted by molar-refractivity contribution is -0.144. The summed E-state index contributed by atoms with van der Waals surface area (Å²) in [5, 5.41) is 2.69. The van der Waals surface area contributed by atoms with Gasteiger partial charge in [-0.15, -0.1) is 0 Å². The highest BCUT2D eigenvalue weighted by molar-refractivity contribution is 7.88. The average Bonchev–Trinajstić information content (AvgIpc) is 2.98. The van der Waals surface area contributed by atoms with Crippen LogP contribution in [0.15, 0.2) is 18.2 Å². The van der Waals surface area contributed by atoms with Crippen molar-refractivity contribution >= 4 is 33.4 Å². The second kappa shape index (κ2) is 8.55. The Hall–Kier alpha value is -1.75. The van der Waals surface area contributed by atoms with Crippen molar-refractivity contribution in [3.63, 3.8) is 0 Å². The van der Waals surface area contributed by atoms with E-state index in [0.717, 1.165) is 11.8 Å². The predicted molar refractivity (Wildman–Crippen MR) is 106 cm³/mol. The summed E-state index contributed by atoms with van der Waals surface area (Å²) in [4.78, 5) is 28.1. The minimum Gasteiger partial charge on any atom is -0.354 e. The number of sulfonamides is 1. The van der Waals surface area contributed by atoms with Gasteiger partial charge in [-0.2, -0.15) is 0 Å². The number of carbonyl (C=O) groups excluding carboxylic acids is 2. The maximum atomic E-state index is 13.5. The second-order valence-electron chi connectivity index (χ2n) is 7.60. The molecule has 8 nitrogen and oxygen atoms in total. The molecule has 11 heteroatoms. The highest BCUT2D eigenvalue weighted by atomic mass is 35.5. The first-order chi connectivity index (χ1) is 13.5. The molecule has 0 bridgehead atoms. The van der Waals surface area contributed by atoms with Gasteiger partial charge in [-0.1, -0.05) is 17.7 Å². The Labute approximate surface area is 174 Å². The average molecular weight is 447 g/mol. The van der Waals surface area contributed by atoms with Crippen LogP contribution in [0, 0.1) is 5.82 Å². The molecule has 3 atom stereocenters. The number of hydrogen-bond donors (Lipinski definition) is 2. The summed E-state index contributed by atoms with van der Waals surface area (Å²) >= 11 is 5.88. The van der Waals surface area contributed by atoms with E-state index >= 15 is 0 Å². The molecule has 2 heterocycles. The molecule has 0 radical (unpaired) electrons. The van der Waals surface area contributed by atoms with Gasteiger partial charge in [0.15, 0.2) is 0 Å². The first-order valence-electron chi connectivity index (χ1n) is 9.23. The minimum absolute atomic E-state index is 0.00385. The van der Waals surface area contributed by atoms with E-state index in [1.807, 2.05) is 4.90 Å². The topological polar surface area (TPSA) is 98.8 Å². The Kier molecular flexibility index (Phi) is 6.47. The monoisotopic (exact) mass is 446 g/mol. The number of hydrogen-bond acceptors (Lipinski definition) is 5. The highest BCUT2D eigenvalue weighted by Gasteiger charge is 2.45. The van der Waals surface area contributed by atoms with E-state index in [4.69, 9.17) is 11.6 Å². The molecule has 2 aliphatic heterocycles. The molecular formula is C18H24ClFN4O4S. The van der Waals surface area contributed by atoms with Crippen LogP contribution >= 0.6 is 11.6 Å².